The van der Waals surface area contributed by atoms with Gasteiger partial charge in [0.2, 0.25) is 11.8 Å². The molecule has 0 bridgehead atoms. The highest BCUT2D eigenvalue weighted by atomic mass is 32.1. The number of hydrogen-bond acceptors (Lipinski definition) is 6. The lowest BCUT2D eigenvalue weighted by Crippen LogP contribution is -2.57. The van der Waals surface area contributed by atoms with Crippen molar-refractivity contribution in [3.05, 3.63) is 72.3 Å². The van der Waals surface area contributed by atoms with E-state index >= 15 is 0 Å². The van der Waals surface area contributed by atoms with Crippen molar-refractivity contribution in [2.75, 3.05) is 36.0 Å². The van der Waals surface area contributed by atoms with Crippen molar-refractivity contribution in [2.24, 2.45) is 5.92 Å². The van der Waals surface area contributed by atoms with E-state index < -0.39 is 23.6 Å². The molecule has 2 aliphatic rings. The molecule has 0 unspecified atom stereocenters. The summed E-state index contributed by atoms with van der Waals surface area (Å²) in [7, 11) is 0. The minimum absolute atomic E-state index is 0.0391. The van der Waals surface area contributed by atoms with Gasteiger partial charge in [-0.3, -0.25) is 19.3 Å². The molecule has 0 radical (unpaired) electrons. The summed E-state index contributed by atoms with van der Waals surface area (Å²) in [5.41, 5.74) is 1.33. The number of rotatable bonds is 4. The average Bonchev–Trinajstić information content (AvgIpc) is 2.85. The zero-order valence-corrected chi connectivity index (χ0v) is 18.5. The molecule has 2 aromatic carbocycles. The fourth-order valence-corrected chi connectivity index (χ4v) is 4.15. The van der Waals surface area contributed by atoms with Crippen LogP contribution in [0.25, 0.3) is 0 Å². The predicted octanol–water partition coefficient (Wildman–Crippen LogP) is 1.85. The predicted molar refractivity (Wildman–Crippen MR) is 127 cm³/mol. The number of nitriles is 1. The summed E-state index contributed by atoms with van der Waals surface area (Å²) in [4.78, 5) is 43.5. The van der Waals surface area contributed by atoms with Crippen LogP contribution in [0, 0.1) is 17.2 Å². The fourth-order valence-electron chi connectivity index (χ4n) is 3.86. The summed E-state index contributed by atoms with van der Waals surface area (Å²) in [6.45, 7) is 2.09. The first-order chi connectivity index (χ1) is 16.0. The highest BCUT2D eigenvalue weighted by Gasteiger charge is 2.39. The molecule has 0 spiro atoms. The summed E-state index contributed by atoms with van der Waals surface area (Å²) >= 11 is 5.17. The van der Waals surface area contributed by atoms with E-state index in [-0.39, 0.29) is 10.7 Å². The Morgan fingerprint density at radius 3 is 2.12 bits per heavy atom. The number of hydrogen-bond donors (Lipinski definition) is 1. The second-order valence-corrected chi connectivity index (χ2v) is 7.97. The van der Waals surface area contributed by atoms with Gasteiger partial charge in [0, 0.05) is 31.9 Å². The quantitative estimate of drug-likeness (QED) is 0.324. The van der Waals surface area contributed by atoms with E-state index in [0.717, 1.165) is 11.8 Å². The zero-order chi connectivity index (χ0) is 23.4. The van der Waals surface area contributed by atoms with Gasteiger partial charge in [0.05, 0.1) is 5.69 Å². The highest BCUT2D eigenvalue weighted by Crippen LogP contribution is 2.23. The standard InChI is InChI=1S/C24H21N5O3S/c25-16-17(22(31)28-13-11-27(12-14-28)18-7-3-1-4-8-18)15-20-21(30)26-24(33)29(23(20)32)19-9-5-2-6-10-19/h1-10,15,20H,11-14H2,(H,26,30,33)/b17-15-/t20-/m0/s1. The number of anilines is 2. The molecule has 3 amide bonds. The summed E-state index contributed by atoms with van der Waals surface area (Å²) in [5, 5.41) is 12.1. The topological polar surface area (TPSA) is 96.8 Å². The maximum Gasteiger partial charge on any atom is 0.264 e. The van der Waals surface area contributed by atoms with Crippen molar-refractivity contribution in [2.45, 2.75) is 0 Å². The number of para-hydroxylation sites is 2. The molecular weight excluding hydrogens is 438 g/mol. The molecule has 33 heavy (non-hydrogen) atoms. The van der Waals surface area contributed by atoms with Crippen LogP contribution in [0.3, 0.4) is 0 Å². The van der Waals surface area contributed by atoms with Crippen molar-refractivity contribution in [3.63, 3.8) is 0 Å². The lowest BCUT2D eigenvalue weighted by Gasteiger charge is -2.36. The van der Waals surface area contributed by atoms with E-state index in [1.54, 1.807) is 35.2 Å². The first kappa shape index (κ1) is 22.2. The number of piperazine rings is 1. The Labute approximate surface area is 196 Å². The molecule has 0 aromatic heterocycles. The Hall–Kier alpha value is -4.03. The molecule has 166 valence electrons. The smallest absolute Gasteiger partial charge is 0.264 e. The van der Waals surface area contributed by atoms with Gasteiger partial charge in [-0.15, -0.1) is 0 Å². The number of benzene rings is 2. The molecule has 0 saturated carbocycles. The third-order valence-electron chi connectivity index (χ3n) is 5.59. The van der Waals surface area contributed by atoms with E-state index in [0.29, 0.717) is 31.9 Å². The molecule has 9 heteroatoms. The molecule has 2 saturated heterocycles. The Morgan fingerprint density at radius 2 is 1.55 bits per heavy atom. The molecule has 1 atom stereocenters. The van der Waals surface area contributed by atoms with Gasteiger partial charge in [0.15, 0.2) is 5.11 Å². The minimum Gasteiger partial charge on any atom is -0.368 e. The van der Waals surface area contributed by atoms with Crippen LogP contribution in [-0.2, 0) is 14.4 Å². The van der Waals surface area contributed by atoms with E-state index in [9.17, 15) is 19.6 Å². The average molecular weight is 460 g/mol. The van der Waals surface area contributed by atoms with Gasteiger partial charge in [0.25, 0.3) is 5.91 Å². The van der Waals surface area contributed by atoms with Crippen molar-refractivity contribution in [1.29, 1.82) is 5.26 Å². The molecule has 2 fully saturated rings. The van der Waals surface area contributed by atoms with Gasteiger partial charge in [-0.2, -0.15) is 5.26 Å². The van der Waals surface area contributed by atoms with Crippen LogP contribution in [0.5, 0.6) is 0 Å². The normalized spacial score (nSPS) is 19.2. The fraction of sp³-hybridized carbons (Fsp3) is 0.208. The van der Waals surface area contributed by atoms with Crippen LogP contribution in [-0.4, -0.2) is 53.9 Å². The summed E-state index contributed by atoms with van der Waals surface area (Å²) in [5.74, 6) is -3.10. The lowest BCUT2D eigenvalue weighted by atomic mass is 10.00. The number of nitrogens with zero attached hydrogens (tertiary/aromatic N) is 4. The van der Waals surface area contributed by atoms with Crippen LogP contribution in [0.4, 0.5) is 11.4 Å². The van der Waals surface area contributed by atoms with E-state index in [4.69, 9.17) is 12.2 Å². The molecular formula is C24H21N5O3S. The first-order valence-electron chi connectivity index (χ1n) is 10.4. The third-order valence-corrected chi connectivity index (χ3v) is 5.87. The molecule has 1 N–H and O–H groups in total. The Kier molecular flexibility index (Phi) is 6.47. The highest BCUT2D eigenvalue weighted by molar-refractivity contribution is 7.80. The SMILES string of the molecule is N#C/C(=C/[C@H]1C(=O)NC(=S)N(c2ccccc2)C1=O)C(=O)N1CCN(c2ccccc2)CC1. The van der Waals surface area contributed by atoms with Crippen molar-refractivity contribution in [1.82, 2.24) is 10.2 Å². The Bertz CT molecular complexity index is 1150. The monoisotopic (exact) mass is 459 g/mol. The summed E-state index contributed by atoms with van der Waals surface area (Å²) < 4.78 is 0. The maximum atomic E-state index is 13.1. The van der Waals surface area contributed by atoms with Gasteiger partial charge < -0.3 is 15.1 Å². The van der Waals surface area contributed by atoms with Gasteiger partial charge in [-0.25, -0.2) is 0 Å². The van der Waals surface area contributed by atoms with Gasteiger partial charge in [-0.05, 0) is 42.6 Å². The van der Waals surface area contributed by atoms with Crippen molar-refractivity contribution < 1.29 is 14.4 Å². The van der Waals surface area contributed by atoms with Crippen LogP contribution in [0.15, 0.2) is 72.3 Å². The summed E-state index contributed by atoms with van der Waals surface area (Å²) in [6.07, 6.45) is 1.14. The van der Waals surface area contributed by atoms with E-state index in [1.165, 1.54) is 4.90 Å². The number of carbonyl (C=O) groups is 3. The second-order valence-electron chi connectivity index (χ2n) is 7.59. The molecule has 2 heterocycles. The van der Waals surface area contributed by atoms with Crippen LogP contribution < -0.4 is 15.1 Å². The number of nitrogens with one attached hydrogen (secondary N) is 1. The van der Waals surface area contributed by atoms with Gasteiger partial charge in [0.1, 0.15) is 17.6 Å². The largest absolute Gasteiger partial charge is 0.368 e. The second kappa shape index (κ2) is 9.63. The number of thiocarbonyl (C=S) groups is 1. The third kappa shape index (κ3) is 4.61. The maximum absolute atomic E-state index is 13.1. The van der Waals surface area contributed by atoms with Crippen LogP contribution in [0.2, 0.25) is 0 Å². The van der Waals surface area contributed by atoms with Gasteiger partial charge in [-0.1, -0.05) is 36.4 Å². The number of carbonyl (C=O) groups excluding carboxylic acids is 3. The minimum atomic E-state index is -1.33. The Morgan fingerprint density at radius 1 is 0.970 bits per heavy atom. The molecule has 0 aliphatic carbocycles. The molecule has 2 aromatic rings. The van der Waals surface area contributed by atoms with E-state index in [1.807, 2.05) is 36.4 Å². The van der Waals surface area contributed by atoms with Crippen LogP contribution >= 0.6 is 12.2 Å². The molecule has 4 rings (SSSR count). The lowest BCUT2D eigenvalue weighted by molar-refractivity contribution is -0.131. The zero-order valence-electron chi connectivity index (χ0n) is 17.7. The molecule has 2 aliphatic heterocycles. The van der Waals surface area contributed by atoms with E-state index in [2.05, 4.69) is 10.2 Å². The first-order valence-corrected chi connectivity index (χ1v) is 10.9. The van der Waals surface area contributed by atoms with Crippen molar-refractivity contribution >= 4 is 46.4 Å². The number of amides is 3. The van der Waals surface area contributed by atoms with Crippen molar-refractivity contribution in [3.8, 4) is 6.07 Å². The van der Waals surface area contributed by atoms with Crippen LogP contribution in [0.1, 0.15) is 0 Å². The van der Waals surface area contributed by atoms with Gasteiger partial charge >= 0.3 is 0 Å². The molecule has 8 nitrogen and oxygen atoms in total. The Balaban J connectivity index is 1.50. The summed E-state index contributed by atoms with van der Waals surface area (Å²) in [6, 6.07) is 20.4.